The number of hydrogen-bond acceptors (Lipinski definition) is 3. The Balaban J connectivity index is 2.09. The van der Waals surface area contributed by atoms with E-state index in [9.17, 15) is 0 Å². The van der Waals surface area contributed by atoms with Crippen LogP contribution in [0.25, 0.3) is 0 Å². The molecule has 0 spiro atoms. The molecule has 1 N–H and O–H groups in total. The standard InChI is InChI=1S/C15H18N2O/c1-12-6-7-15(13(9-12)10-16-2)18-11-14-5-3-4-8-17-14/h3-9,16H,10-11H2,1-2H3. The van der Waals surface area contributed by atoms with E-state index in [2.05, 4.69) is 29.4 Å². The molecule has 0 aliphatic heterocycles. The summed E-state index contributed by atoms with van der Waals surface area (Å²) in [5.74, 6) is 0.917. The van der Waals surface area contributed by atoms with E-state index in [0.29, 0.717) is 6.61 Å². The predicted molar refractivity (Wildman–Crippen MR) is 72.5 cm³/mol. The van der Waals surface area contributed by atoms with Gasteiger partial charge in [-0.3, -0.25) is 4.98 Å². The summed E-state index contributed by atoms with van der Waals surface area (Å²) in [6, 6.07) is 12.1. The molecule has 2 rings (SSSR count). The Morgan fingerprint density at radius 1 is 1.22 bits per heavy atom. The van der Waals surface area contributed by atoms with E-state index in [0.717, 1.165) is 18.0 Å². The van der Waals surface area contributed by atoms with E-state index < -0.39 is 0 Å². The van der Waals surface area contributed by atoms with Gasteiger partial charge in [-0.15, -0.1) is 0 Å². The second-order valence-corrected chi connectivity index (χ2v) is 4.25. The highest BCUT2D eigenvalue weighted by Crippen LogP contribution is 2.20. The van der Waals surface area contributed by atoms with Gasteiger partial charge in [0.15, 0.2) is 0 Å². The molecule has 18 heavy (non-hydrogen) atoms. The van der Waals surface area contributed by atoms with E-state index in [1.54, 1.807) is 6.20 Å². The highest BCUT2D eigenvalue weighted by molar-refractivity contribution is 5.36. The summed E-state index contributed by atoms with van der Waals surface area (Å²) in [5, 5.41) is 3.15. The number of hydrogen-bond donors (Lipinski definition) is 1. The molecule has 1 aromatic carbocycles. The molecule has 94 valence electrons. The Bertz CT molecular complexity index is 497. The third-order valence-electron chi connectivity index (χ3n) is 2.68. The topological polar surface area (TPSA) is 34.1 Å². The molecule has 0 amide bonds. The molecule has 0 saturated carbocycles. The van der Waals surface area contributed by atoms with E-state index in [-0.39, 0.29) is 0 Å². The van der Waals surface area contributed by atoms with Gasteiger partial charge in [0.25, 0.3) is 0 Å². The summed E-state index contributed by atoms with van der Waals surface area (Å²) in [6.07, 6.45) is 1.78. The van der Waals surface area contributed by atoms with Crippen LogP contribution in [0.15, 0.2) is 42.6 Å². The molecular formula is C15H18N2O. The van der Waals surface area contributed by atoms with E-state index >= 15 is 0 Å². The number of rotatable bonds is 5. The minimum Gasteiger partial charge on any atom is -0.487 e. The molecule has 3 heteroatoms. The maximum atomic E-state index is 5.83. The molecule has 0 aliphatic carbocycles. The first kappa shape index (κ1) is 12.6. The zero-order valence-electron chi connectivity index (χ0n) is 10.8. The lowest BCUT2D eigenvalue weighted by Crippen LogP contribution is -2.08. The van der Waals surface area contributed by atoms with E-state index in [4.69, 9.17) is 4.74 Å². The first-order valence-electron chi connectivity index (χ1n) is 6.06. The Kier molecular flexibility index (Phi) is 4.31. The normalized spacial score (nSPS) is 10.3. The van der Waals surface area contributed by atoms with Crippen LogP contribution in [-0.2, 0) is 13.2 Å². The van der Waals surface area contributed by atoms with Crippen molar-refractivity contribution in [1.82, 2.24) is 10.3 Å². The fourth-order valence-corrected chi connectivity index (χ4v) is 1.81. The summed E-state index contributed by atoms with van der Waals surface area (Å²) >= 11 is 0. The molecule has 0 radical (unpaired) electrons. The summed E-state index contributed by atoms with van der Waals surface area (Å²) in [5.41, 5.74) is 3.35. The molecule has 0 atom stereocenters. The average molecular weight is 242 g/mol. The first-order valence-corrected chi connectivity index (χ1v) is 6.06. The highest BCUT2D eigenvalue weighted by Gasteiger charge is 2.04. The minimum absolute atomic E-state index is 0.501. The van der Waals surface area contributed by atoms with Crippen LogP contribution < -0.4 is 10.1 Å². The summed E-state index contributed by atoms with van der Waals surface area (Å²) in [6.45, 7) is 3.39. The zero-order chi connectivity index (χ0) is 12.8. The van der Waals surface area contributed by atoms with Crippen LogP contribution in [0.1, 0.15) is 16.8 Å². The van der Waals surface area contributed by atoms with Crippen LogP contribution in [0.5, 0.6) is 5.75 Å². The smallest absolute Gasteiger partial charge is 0.130 e. The number of aryl methyl sites for hydroxylation is 1. The number of nitrogens with one attached hydrogen (secondary N) is 1. The molecule has 3 nitrogen and oxygen atoms in total. The van der Waals surface area contributed by atoms with Gasteiger partial charge in [0.1, 0.15) is 12.4 Å². The Labute approximate surface area is 108 Å². The molecule has 0 aliphatic rings. The lowest BCUT2D eigenvalue weighted by atomic mass is 10.1. The maximum absolute atomic E-state index is 5.83. The van der Waals surface area contributed by atoms with Crippen molar-refractivity contribution in [1.29, 1.82) is 0 Å². The van der Waals surface area contributed by atoms with Crippen molar-refractivity contribution in [2.45, 2.75) is 20.1 Å². The monoisotopic (exact) mass is 242 g/mol. The van der Waals surface area contributed by atoms with Gasteiger partial charge in [0, 0.05) is 18.3 Å². The molecule has 0 bridgehead atoms. The number of ether oxygens (including phenoxy) is 1. The summed E-state index contributed by atoms with van der Waals surface area (Å²) in [4.78, 5) is 4.25. The fraction of sp³-hybridized carbons (Fsp3) is 0.267. The van der Waals surface area contributed by atoms with Gasteiger partial charge < -0.3 is 10.1 Å². The molecule has 1 heterocycles. The number of nitrogens with zero attached hydrogens (tertiary/aromatic N) is 1. The molecule has 2 aromatic rings. The lowest BCUT2D eigenvalue weighted by Gasteiger charge is -2.11. The number of benzene rings is 1. The van der Waals surface area contributed by atoms with Gasteiger partial charge >= 0.3 is 0 Å². The van der Waals surface area contributed by atoms with E-state index in [1.165, 1.54) is 11.1 Å². The van der Waals surface area contributed by atoms with Crippen molar-refractivity contribution in [3.8, 4) is 5.75 Å². The zero-order valence-corrected chi connectivity index (χ0v) is 10.8. The third kappa shape index (κ3) is 3.31. The minimum atomic E-state index is 0.501. The molecule has 0 unspecified atom stereocenters. The lowest BCUT2D eigenvalue weighted by molar-refractivity contribution is 0.297. The average Bonchev–Trinajstić information content (AvgIpc) is 2.39. The van der Waals surface area contributed by atoms with E-state index in [1.807, 2.05) is 31.3 Å². The van der Waals surface area contributed by atoms with Gasteiger partial charge in [0.2, 0.25) is 0 Å². The van der Waals surface area contributed by atoms with Crippen molar-refractivity contribution in [2.24, 2.45) is 0 Å². The van der Waals surface area contributed by atoms with Crippen LogP contribution >= 0.6 is 0 Å². The SMILES string of the molecule is CNCc1cc(C)ccc1OCc1ccccn1. The molecule has 0 fully saturated rings. The van der Waals surface area contributed by atoms with Crippen LogP contribution in [0.4, 0.5) is 0 Å². The van der Waals surface area contributed by atoms with Crippen molar-refractivity contribution in [3.05, 3.63) is 59.4 Å². The maximum Gasteiger partial charge on any atom is 0.130 e. The quantitative estimate of drug-likeness (QED) is 0.875. The molecule has 0 saturated heterocycles. The first-order chi connectivity index (χ1) is 8.79. The second-order valence-electron chi connectivity index (χ2n) is 4.25. The van der Waals surface area contributed by atoms with Gasteiger partial charge in [-0.25, -0.2) is 0 Å². The third-order valence-corrected chi connectivity index (χ3v) is 2.68. The highest BCUT2D eigenvalue weighted by atomic mass is 16.5. The second kappa shape index (κ2) is 6.17. The van der Waals surface area contributed by atoms with Crippen molar-refractivity contribution >= 4 is 0 Å². The van der Waals surface area contributed by atoms with Crippen LogP contribution in [0.3, 0.4) is 0 Å². The predicted octanol–water partition coefficient (Wildman–Crippen LogP) is 2.69. The van der Waals surface area contributed by atoms with Crippen LogP contribution in [0.2, 0.25) is 0 Å². The van der Waals surface area contributed by atoms with Crippen LogP contribution in [0, 0.1) is 6.92 Å². The van der Waals surface area contributed by atoms with Gasteiger partial charge in [-0.05, 0) is 32.2 Å². The number of pyridine rings is 1. The van der Waals surface area contributed by atoms with Crippen molar-refractivity contribution < 1.29 is 4.74 Å². The Hall–Kier alpha value is -1.87. The Morgan fingerprint density at radius 2 is 2.11 bits per heavy atom. The Morgan fingerprint density at radius 3 is 2.83 bits per heavy atom. The largest absolute Gasteiger partial charge is 0.487 e. The van der Waals surface area contributed by atoms with Gasteiger partial charge in [0.05, 0.1) is 5.69 Å². The van der Waals surface area contributed by atoms with Gasteiger partial charge in [-0.2, -0.15) is 0 Å². The summed E-state index contributed by atoms with van der Waals surface area (Å²) in [7, 11) is 1.94. The van der Waals surface area contributed by atoms with Crippen LogP contribution in [-0.4, -0.2) is 12.0 Å². The number of aromatic nitrogens is 1. The molecular weight excluding hydrogens is 224 g/mol. The van der Waals surface area contributed by atoms with Crippen molar-refractivity contribution in [3.63, 3.8) is 0 Å². The fourth-order valence-electron chi connectivity index (χ4n) is 1.81. The van der Waals surface area contributed by atoms with Gasteiger partial charge in [-0.1, -0.05) is 23.8 Å². The molecule has 1 aromatic heterocycles. The van der Waals surface area contributed by atoms with Crippen molar-refractivity contribution in [2.75, 3.05) is 7.05 Å². The summed E-state index contributed by atoms with van der Waals surface area (Å²) < 4.78 is 5.83.